The van der Waals surface area contributed by atoms with Crippen LogP contribution < -0.4 is 10.9 Å². The zero-order chi connectivity index (χ0) is 12.3. The van der Waals surface area contributed by atoms with Crippen LogP contribution in [0.5, 0.6) is 0 Å². The van der Waals surface area contributed by atoms with Crippen LogP contribution >= 0.6 is 0 Å². The molecule has 0 bridgehead atoms. The summed E-state index contributed by atoms with van der Waals surface area (Å²) < 4.78 is 22.5. The van der Waals surface area contributed by atoms with Crippen LogP contribution in [0.25, 0.3) is 0 Å². The van der Waals surface area contributed by atoms with Crippen LogP contribution in [-0.4, -0.2) is 31.9 Å². The SMILES string of the molecule is O=C(NNC1CCS(=O)(=O)C1)C1CCCCC1. The lowest BCUT2D eigenvalue weighted by molar-refractivity contribution is -0.127. The predicted molar refractivity (Wildman–Crippen MR) is 64.9 cm³/mol. The normalized spacial score (nSPS) is 29.1. The average molecular weight is 260 g/mol. The summed E-state index contributed by atoms with van der Waals surface area (Å²) in [6.07, 6.45) is 5.96. The molecular weight excluding hydrogens is 240 g/mol. The molecule has 1 unspecified atom stereocenters. The third-order valence-corrected chi connectivity index (χ3v) is 5.38. The highest BCUT2D eigenvalue weighted by Gasteiger charge is 2.28. The van der Waals surface area contributed by atoms with Gasteiger partial charge in [-0.15, -0.1) is 0 Å². The van der Waals surface area contributed by atoms with E-state index >= 15 is 0 Å². The molecule has 2 fully saturated rings. The van der Waals surface area contributed by atoms with Gasteiger partial charge in [-0.2, -0.15) is 0 Å². The minimum absolute atomic E-state index is 0.0222. The van der Waals surface area contributed by atoms with Gasteiger partial charge < -0.3 is 0 Å². The molecule has 2 rings (SSSR count). The first-order valence-corrected chi connectivity index (χ1v) is 8.15. The lowest BCUT2D eigenvalue weighted by atomic mass is 9.89. The molecule has 1 amide bonds. The molecule has 5 nitrogen and oxygen atoms in total. The van der Waals surface area contributed by atoms with Crippen LogP contribution in [0, 0.1) is 5.92 Å². The van der Waals surface area contributed by atoms with Gasteiger partial charge in [0.15, 0.2) is 9.84 Å². The monoisotopic (exact) mass is 260 g/mol. The molecule has 0 aromatic heterocycles. The molecule has 0 aromatic rings. The summed E-state index contributed by atoms with van der Waals surface area (Å²) in [6, 6.07) is -0.118. The molecule has 2 aliphatic rings. The van der Waals surface area contributed by atoms with Crippen molar-refractivity contribution in [2.75, 3.05) is 11.5 Å². The van der Waals surface area contributed by atoms with Gasteiger partial charge in [-0.1, -0.05) is 19.3 Å². The number of hydrazine groups is 1. The van der Waals surface area contributed by atoms with Gasteiger partial charge >= 0.3 is 0 Å². The number of sulfone groups is 1. The fourth-order valence-electron chi connectivity index (χ4n) is 2.55. The Kier molecular flexibility index (Phi) is 4.04. The van der Waals surface area contributed by atoms with Gasteiger partial charge in [-0.3, -0.25) is 10.2 Å². The molecule has 6 heteroatoms. The number of rotatable bonds is 3. The standard InChI is InChI=1S/C11H20N2O3S/c14-11(9-4-2-1-3-5-9)13-12-10-6-7-17(15,16)8-10/h9-10,12H,1-8H2,(H,13,14). The first-order chi connectivity index (χ1) is 8.07. The van der Waals surface area contributed by atoms with Crippen molar-refractivity contribution in [1.82, 2.24) is 10.9 Å². The summed E-state index contributed by atoms with van der Waals surface area (Å²) >= 11 is 0. The molecule has 1 aliphatic heterocycles. The van der Waals surface area contributed by atoms with E-state index in [1.807, 2.05) is 0 Å². The van der Waals surface area contributed by atoms with Gasteiger partial charge in [0.2, 0.25) is 5.91 Å². The molecule has 1 saturated heterocycles. The average Bonchev–Trinajstić information content (AvgIpc) is 2.67. The Morgan fingerprint density at radius 1 is 1.06 bits per heavy atom. The molecular formula is C11H20N2O3S. The van der Waals surface area contributed by atoms with E-state index in [1.165, 1.54) is 6.42 Å². The summed E-state index contributed by atoms with van der Waals surface area (Å²) in [7, 11) is -2.88. The van der Waals surface area contributed by atoms with E-state index in [2.05, 4.69) is 10.9 Å². The van der Waals surface area contributed by atoms with Crippen LogP contribution in [0.2, 0.25) is 0 Å². The molecule has 17 heavy (non-hydrogen) atoms. The molecule has 2 N–H and O–H groups in total. The van der Waals surface area contributed by atoms with Crippen molar-refractivity contribution in [2.24, 2.45) is 5.92 Å². The van der Waals surface area contributed by atoms with E-state index < -0.39 is 9.84 Å². The first kappa shape index (κ1) is 12.8. The molecule has 1 heterocycles. The number of amides is 1. The van der Waals surface area contributed by atoms with Crippen LogP contribution in [0.15, 0.2) is 0 Å². The van der Waals surface area contributed by atoms with Crippen LogP contribution in [0.1, 0.15) is 38.5 Å². The van der Waals surface area contributed by atoms with E-state index in [0.717, 1.165) is 25.7 Å². The van der Waals surface area contributed by atoms with E-state index in [9.17, 15) is 13.2 Å². The van der Waals surface area contributed by atoms with Gasteiger partial charge in [-0.05, 0) is 19.3 Å². The summed E-state index contributed by atoms with van der Waals surface area (Å²) in [5.74, 6) is 0.491. The van der Waals surface area contributed by atoms with Gasteiger partial charge in [-0.25, -0.2) is 13.8 Å². The third-order valence-electron chi connectivity index (χ3n) is 3.61. The fourth-order valence-corrected chi connectivity index (χ4v) is 4.22. The maximum atomic E-state index is 11.8. The summed E-state index contributed by atoms with van der Waals surface area (Å²) in [4.78, 5) is 11.8. The van der Waals surface area contributed by atoms with Crippen molar-refractivity contribution >= 4 is 15.7 Å². The second-order valence-corrected chi connectivity index (χ2v) is 7.30. The van der Waals surface area contributed by atoms with E-state index in [0.29, 0.717) is 6.42 Å². The number of carbonyl (C=O) groups excluding carboxylic acids is 1. The summed E-state index contributed by atoms with van der Waals surface area (Å²) in [5.41, 5.74) is 5.53. The molecule has 0 spiro atoms. The second kappa shape index (κ2) is 5.35. The molecule has 0 aromatic carbocycles. The largest absolute Gasteiger partial charge is 0.291 e. The summed E-state index contributed by atoms with van der Waals surface area (Å²) in [6.45, 7) is 0. The molecule has 1 aliphatic carbocycles. The molecule has 0 radical (unpaired) electrons. The zero-order valence-corrected chi connectivity index (χ0v) is 10.8. The Morgan fingerprint density at radius 3 is 2.35 bits per heavy atom. The van der Waals surface area contributed by atoms with E-state index in [4.69, 9.17) is 0 Å². The number of nitrogens with one attached hydrogen (secondary N) is 2. The number of hydrogen-bond acceptors (Lipinski definition) is 4. The van der Waals surface area contributed by atoms with Gasteiger partial charge in [0.05, 0.1) is 11.5 Å². The minimum atomic E-state index is -2.88. The lowest BCUT2D eigenvalue weighted by Crippen LogP contribution is -2.47. The highest BCUT2D eigenvalue weighted by atomic mass is 32.2. The maximum Gasteiger partial charge on any atom is 0.237 e. The Hall–Kier alpha value is -0.620. The van der Waals surface area contributed by atoms with Gasteiger partial charge in [0, 0.05) is 12.0 Å². The van der Waals surface area contributed by atoms with E-state index in [-0.39, 0.29) is 29.4 Å². The topological polar surface area (TPSA) is 75.3 Å². The lowest BCUT2D eigenvalue weighted by Gasteiger charge is -2.22. The highest BCUT2D eigenvalue weighted by molar-refractivity contribution is 7.91. The Labute approximate surface area is 102 Å². The summed E-state index contributed by atoms with van der Waals surface area (Å²) in [5, 5.41) is 0. The van der Waals surface area contributed by atoms with Gasteiger partial charge in [0.1, 0.15) is 0 Å². The van der Waals surface area contributed by atoms with Crippen molar-refractivity contribution in [3.63, 3.8) is 0 Å². The quantitative estimate of drug-likeness (QED) is 0.719. The Morgan fingerprint density at radius 2 is 1.76 bits per heavy atom. The van der Waals surface area contributed by atoms with Crippen molar-refractivity contribution in [1.29, 1.82) is 0 Å². The Bertz CT molecular complexity index is 374. The second-order valence-electron chi connectivity index (χ2n) is 5.07. The first-order valence-electron chi connectivity index (χ1n) is 6.33. The Balaban J connectivity index is 1.73. The van der Waals surface area contributed by atoms with Crippen molar-refractivity contribution < 1.29 is 13.2 Å². The van der Waals surface area contributed by atoms with Crippen LogP contribution in [0.3, 0.4) is 0 Å². The number of carbonyl (C=O) groups is 1. The van der Waals surface area contributed by atoms with Crippen LogP contribution in [0.4, 0.5) is 0 Å². The van der Waals surface area contributed by atoms with E-state index in [1.54, 1.807) is 0 Å². The third kappa shape index (κ3) is 3.67. The van der Waals surface area contributed by atoms with Crippen molar-refractivity contribution in [2.45, 2.75) is 44.6 Å². The zero-order valence-electron chi connectivity index (χ0n) is 9.94. The molecule has 1 saturated carbocycles. The minimum Gasteiger partial charge on any atom is -0.291 e. The maximum absolute atomic E-state index is 11.8. The van der Waals surface area contributed by atoms with Gasteiger partial charge in [0.25, 0.3) is 0 Å². The predicted octanol–water partition coefficient (Wildman–Crippen LogP) is 0.375. The number of hydrogen-bond donors (Lipinski definition) is 2. The van der Waals surface area contributed by atoms with Crippen molar-refractivity contribution in [3.05, 3.63) is 0 Å². The molecule has 98 valence electrons. The molecule has 1 atom stereocenters. The highest BCUT2D eigenvalue weighted by Crippen LogP contribution is 2.23. The van der Waals surface area contributed by atoms with Crippen LogP contribution in [-0.2, 0) is 14.6 Å². The fraction of sp³-hybridized carbons (Fsp3) is 0.909. The smallest absolute Gasteiger partial charge is 0.237 e. The van der Waals surface area contributed by atoms with Crippen molar-refractivity contribution in [3.8, 4) is 0 Å².